The van der Waals surface area contributed by atoms with Crippen molar-refractivity contribution in [3.63, 3.8) is 0 Å². The Labute approximate surface area is 96.0 Å². The van der Waals surface area contributed by atoms with E-state index in [1.165, 1.54) is 0 Å². The molecular formula is C11H20N4O. The zero-order valence-electron chi connectivity index (χ0n) is 10.1. The summed E-state index contributed by atoms with van der Waals surface area (Å²) in [5, 5.41) is 7.30. The van der Waals surface area contributed by atoms with E-state index in [2.05, 4.69) is 10.4 Å². The van der Waals surface area contributed by atoms with E-state index in [1.807, 2.05) is 33.0 Å². The van der Waals surface area contributed by atoms with Crippen molar-refractivity contribution in [2.24, 2.45) is 5.73 Å². The van der Waals surface area contributed by atoms with Crippen LogP contribution in [0.2, 0.25) is 0 Å². The number of nitrogens with one attached hydrogen (secondary N) is 1. The van der Waals surface area contributed by atoms with Gasteiger partial charge in [0.1, 0.15) is 0 Å². The topological polar surface area (TPSA) is 72.9 Å². The molecule has 1 atom stereocenters. The second-order valence-electron chi connectivity index (χ2n) is 4.51. The Morgan fingerprint density at radius 2 is 2.31 bits per heavy atom. The quantitative estimate of drug-likeness (QED) is 0.739. The standard InChI is InChI=1S/C11H20N4O/c1-9(2)14-11(3,10(12)16)5-8-15-7-4-6-13-15/h4,6-7,9,14H,5,8H2,1-3H3,(H2,12,16). The second-order valence-corrected chi connectivity index (χ2v) is 4.51. The average molecular weight is 224 g/mol. The Kier molecular flexibility index (Phi) is 4.06. The first-order valence-corrected chi connectivity index (χ1v) is 5.49. The van der Waals surface area contributed by atoms with E-state index in [0.717, 1.165) is 0 Å². The maximum atomic E-state index is 11.4. The smallest absolute Gasteiger partial charge is 0.237 e. The van der Waals surface area contributed by atoms with Gasteiger partial charge in [-0.3, -0.25) is 9.48 Å². The van der Waals surface area contributed by atoms with Gasteiger partial charge >= 0.3 is 0 Å². The number of carbonyl (C=O) groups excluding carboxylic acids is 1. The highest BCUT2D eigenvalue weighted by Gasteiger charge is 2.31. The normalized spacial score (nSPS) is 15.0. The van der Waals surface area contributed by atoms with E-state index in [9.17, 15) is 4.79 Å². The lowest BCUT2D eigenvalue weighted by molar-refractivity contribution is -0.124. The third-order valence-corrected chi connectivity index (χ3v) is 2.55. The Bertz CT molecular complexity index is 334. The number of amides is 1. The van der Waals surface area contributed by atoms with Crippen LogP contribution in [0.5, 0.6) is 0 Å². The summed E-state index contributed by atoms with van der Waals surface area (Å²) in [7, 11) is 0. The third kappa shape index (κ3) is 3.34. The van der Waals surface area contributed by atoms with Crippen LogP contribution in [-0.2, 0) is 11.3 Å². The summed E-state index contributed by atoms with van der Waals surface area (Å²) < 4.78 is 1.79. The number of aromatic nitrogens is 2. The van der Waals surface area contributed by atoms with Gasteiger partial charge in [0.15, 0.2) is 0 Å². The Morgan fingerprint density at radius 3 is 2.75 bits per heavy atom. The summed E-state index contributed by atoms with van der Waals surface area (Å²) in [6.07, 6.45) is 4.22. The van der Waals surface area contributed by atoms with Crippen LogP contribution in [0.4, 0.5) is 0 Å². The van der Waals surface area contributed by atoms with Crippen molar-refractivity contribution in [1.29, 1.82) is 0 Å². The van der Waals surface area contributed by atoms with E-state index >= 15 is 0 Å². The summed E-state index contributed by atoms with van der Waals surface area (Å²) in [5.74, 6) is -0.326. The van der Waals surface area contributed by atoms with Crippen LogP contribution >= 0.6 is 0 Å². The van der Waals surface area contributed by atoms with Crippen LogP contribution in [-0.4, -0.2) is 27.3 Å². The van der Waals surface area contributed by atoms with Gasteiger partial charge in [-0.15, -0.1) is 0 Å². The maximum Gasteiger partial charge on any atom is 0.237 e. The monoisotopic (exact) mass is 224 g/mol. The highest BCUT2D eigenvalue weighted by Crippen LogP contribution is 2.11. The first-order valence-electron chi connectivity index (χ1n) is 5.49. The molecule has 5 heteroatoms. The molecule has 0 aliphatic heterocycles. The molecule has 0 saturated heterocycles. The molecule has 0 bridgehead atoms. The number of hydrogen-bond acceptors (Lipinski definition) is 3. The molecule has 3 N–H and O–H groups in total. The summed E-state index contributed by atoms with van der Waals surface area (Å²) in [6, 6.07) is 2.08. The molecule has 0 fully saturated rings. The van der Waals surface area contributed by atoms with Crippen LogP contribution in [0.3, 0.4) is 0 Å². The molecule has 1 aromatic rings. The largest absolute Gasteiger partial charge is 0.368 e. The molecule has 0 spiro atoms. The molecule has 16 heavy (non-hydrogen) atoms. The molecule has 0 radical (unpaired) electrons. The van der Waals surface area contributed by atoms with Crippen LogP contribution in [0, 0.1) is 0 Å². The van der Waals surface area contributed by atoms with Crippen LogP contribution in [0.1, 0.15) is 27.2 Å². The number of hydrogen-bond donors (Lipinski definition) is 2. The van der Waals surface area contributed by atoms with Gasteiger partial charge in [0.25, 0.3) is 0 Å². The minimum atomic E-state index is -0.680. The first kappa shape index (κ1) is 12.7. The molecule has 0 aliphatic carbocycles. The SMILES string of the molecule is CC(C)NC(C)(CCn1cccn1)C(N)=O. The number of nitrogens with zero attached hydrogens (tertiary/aromatic N) is 2. The minimum Gasteiger partial charge on any atom is -0.368 e. The van der Waals surface area contributed by atoms with Crippen LogP contribution < -0.4 is 11.1 Å². The molecule has 1 aromatic heterocycles. The number of nitrogens with two attached hydrogens (primary N) is 1. The fraction of sp³-hybridized carbons (Fsp3) is 0.636. The Hall–Kier alpha value is -1.36. The van der Waals surface area contributed by atoms with E-state index in [4.69, 9.17) is 5.73 Å². The lowest BCUT2D eigenvalue weighted by atomic mass is 9.96. The lowest BCUT2D eigenvalue weighted by Gasteiger charge is -2.29. The molecule has 1 rings (SSSR count). The number of carbonyl (C=O) groups is 1. The van der Waals surface area contributed by atoms with Crippen molar-refractivity contribution in [2.75, 3.05) is 0 Å². The number of rotatable bonds is 6. The van der Waals surface area contributed by atoms with Gasteiger partial charge in [0, 0.05) is 25.0 Å². The molecule has 90 valence electrons. The number of aryl methyl sites for hydroxylation is 1. The maximum absolute atomic E-state index is 11.4. The van der Waals surface area contributed by atoms with Crippen LogP contribution in [0.15, 0.2) is 18.5 Å². The zero-order chi connectivity index (χ0) is 12.2. The molecule has 5 nitrogen and oxygen atoms in total. The fourth-order valence-electron chi connectivity index (χ4n) is 1.67. The first-order chi connectivity index (χ1) is 7.44. The van der Waals surface area contributed by atoms with Gasteiger partial charge in [0.2, 0.25) is 5.91 Å². The average Bonchev–Trinajstić information content (AvgIpc) is 2.65. The second kappa shape index (κ2) is 5.12. The Balaban J connectivity index is 2.61. The van der Waals surface area contributed by atoms with E-state index in [0.29, 0.717) is 13.0 Å². The highest BCUT2D eigenvalue weighted by molar-refractivity contribution is 5.84. The predicted octanol–water partition coefficient (Wildman–Crippen LogP) is 0.515. The van der Waals surface area contributed by atoms with Crippen molar-refractivity contribution < 1.29 is 4.79 Å². The molecule has 1 heterocycles. The molecule has 0 saturated carbocycles. The highest BCUT2D eigenvalue weighted by atomic mass is 16.1. The van der Waals surface area contributed by atoms with Gasteiger partial charge in [-0.25, -0.2) is 0 Å². The summed E-state index contributed by atoms with van der Waals surface area (Å²) in [6.45, 7) is 6.50. The molecular weight excluding hydrogens is 204 g/mol. The predicted molar refractivity (Wildman–Crippen MR) is 62.7 cm³/mol. The molecule has 0 aliphatic rings. The van der Waals surface area contributed by atoms with Gasteiger partial charge in [-0.05, 0) is 33.3 Å². The molecule has 1 amide bonds. The molecule has 1 unspecified atom stereocenters. The van der Waals surface area contributed by atoms with Crippen LogP contribution in [0.25, 0.3) is 0 Å². The van der Waals surface area contributed by atoms with Crippen molar-refractivity contribution >= 4 is 5.91 Å². The molecule has 0 aromatic carbocycles. The fourth-order valence-corrected chi connectivity index (χ4v) is 1.67. The summed E-state index contributed by atoms with van der Waals surface area (Å²) >= 11 is 0. The van der Waals surface area contributed by atoms with Crippen molar-refractivity contribution in [3.05, 3.63) is 18.5 Å². The van der Waals surface area contributed by atoms with E-state index < -0.39 is 5.54 Å². The lowest BCUT2D eigenvalue weighted by Crippen LogP contribution is -2.55. The van der Waals surface area contributed by atoms with Gasteiger partial charge in [-0.2, -0.15) is 5.10 Å². The van der Waals surface area contributed by atoms with E-state index in [-0.39, 0.29) is 11.9 Å². The zero-order valence-corrected chi connectivity index (χ0v) is 10.1. The number of primary amides is 1. The summed E-state index contributed by atoms with van der Waals surface area (Å²) in [4.78, 5) is 11.4. The van der Waals surface area contributed by atoms with Gasteiger partial charge < -0.3 is 11.1 Å². The van der Waals surface area contributed by atoms with Crippen molar-refractivity contribution in [3.8, 4) is 0 Å². The Morgan fingerprint density at radius 1 is 1.62 bits per heavy atom. The van der Waals surface area contributed by atoms with Crippen molar-refractivity contribution in [1.82, 2.24) is 15.1 Å². The minimum absolute atomic E-state index is 0.218. The van der Waals surface area contributed by atoms with Gasteiger partial charge in [0.05, 0.1) is 5.54 Å². The van der Waals surface area contributed by atoms with Gasteiger partial charge in [-0.1, -0.05) is 0 Å². The van der Waals surface area contributed by atoms with E-state index in [1.54, 1.807) is 10.9 Å². The summed E-state index contributed by atoms with van der Waals surface area (Å²) in [5.41, 5.74) is 4.75. The van der Waals surface area contributed by atoms with Crippen molar-refractivity contribution in [2.45, 2.75) is 45.3 Å². The third-order valence-electron chi connectivity index (χ3n) is 2.55.